The predicted molar refractivity (Wildman–Crippen MR) is 103 cm³/mol. The highest BCUT2D eigenvalue weighted by Gasteiger charge is 2.16. The molecule has 0 saturated carbocycles. The lowest BCUT2D eigenvalue weighted by atomic mass is 10.1. The average molecular weight is 343 g/mol. The molecule has 2 aromatic carbocycles. The van der Waals surface area contributed by atoms with E-state index in [1.165, 1.54) is 23.9 Å². The molecule has 2 heterocycles. The second-order valence-corrected chi connectivity index (χ2v) is 6.76. The van der Waals surface area contributed by atoms with E-state index in [2.05, 4.69) is 42.2 Å². The van der Waals surface area contributed by atoms with Gasteiger partial charge in [-0.2, -0.15) is 5.26 Å². The van der Waals surface area contributed by atoms with Crippen LogP contribution in [0.25, 0.3) is 10.9 Å². The van der Waals surface area contributed by atoms with Gasteiger partial charge in [-0.1, -0.05) is 18.2 Å². The number of fused-ring (bicyclic) bond motifs is 1. The van der Waals surface area contributed by atoms with Crippen LogP contribution < -0.4 is 9.64 Å². The number of aryl methyl sites for hydroxylation is 1. The number of aromatic nitrogens is 1. The summed E-state index contributed by atoms with van der Waals surface area (Å²) >= 11 is 0. The molecule has 0 aliphatic carbocycles. The van der Waals surface area contributed by atoms with Crippen molar-refractivity contribution in [1.82, 2.24) is 4.98 Å². The second kappa shape index (κ2) is 7.05. The lowest BCUT2D eigenvalue weighted by Gasteiger charge is -2.20. The van der Waals surface area contributed by atoms with Gasteiger partial charge in [-0.05, 0) is 55.7 Å². The number of ether oxygens (including phenoxy) is 1. The first-order chi connectivity index (χ1) is 12.7. The number of anilines is 1. The molecule has 130 valence electrons. The maximum Gasteiger partial charge on any atom is 0.121 e. The van der Waals surface area contributed by atoms with Crippen LogP contribution in [0.1, 0.15) is 29.7 Å². The summed E-state index contributed by atoms with van der Waals surface area (Å²) in [6.45, 7) is 4.76. The van der Waals surface area contributed by atoms with Gasteiger partial charge in [0.2, 0.25) is 0 Å². The summed E-state index contributed by atoms with van der Waals surface area (Å²) in [6, 6.07) is 17.9. The second-order valence-electron chi connectivity index (χ2n) is 6.76. The van der Waals surface area contributed by atoms with Gasteiger partial charge in [0.25, 0.3) is 0 Å². The van der Waals surface area contributed by atoms with Crippen LogP contribution in [0.2, 0.25) is 0 Å². The number of nitriles is 1. The molecule has 4 nitrogen and oxygen atoms in total. The molecule has 1 aliphatic heterocycles. The van der Waals surface area contributed by atoms with Crippen LogP contribution in [0.3, 0.4) is 0 Å². The van der Waals surface area contributed by atoms with Crippen LogP contribution in [0, 0.1) is 18.3 Å². The first-order valence-electron chi connectivity index (χ1n) is 9.01. The summed E-state index contributed by atoms with van der Waals surface area (Å²) in [6.07, 6.45) is 2.52. The molecule has 0 N–H and O–H groups in total. The van der Waals surface area contributed by atoms with Crippen molar-refractivity contribution < 1.29 is 4.74 Å². The van der Waals surface area contributed by atoms with Crippen molar-refractivity contribution >= 4 is 16.6 Å². The van der Waals surface area contributed by atoms with Gasteiger partial charge in [0, 0.05) is 29.9 Å². The van der Waals surface area contributed by atoms with Gasteiger partial charge >= 0.3 is 0 Å². The third-order valence-corrected chi connectivity index (χ3v) is 4.80. The van der Waals surface area contributed by atoms with Crippen LogP contribution in [-0.4, -0.2) is 18.1 Å². The third kappa shape index (κ3) is 3.34. The molecule has 4 rings (SSSR count). The van der Waals surface area contributed by atoms with E-state index in [9.17, 15) is 0 Å². The molecule has 1 aliphatic rings. The first-order valence-corrected chi connectivity index (χ1v) is 9.01. The van der Waals surface area contributed by atoms with Crippen LogP contribution in [0.15, 0.2) is 48.5 Å². The topological polar surface area (TPSA) is 49.1 Å². The summed E-state index contributed by atoms with van der Waals surface area (Å²) in [5.74, 6) is 0.708. The first kappa shape index (κ1) is 16.4. The van der Waals surface area contributed by atoms with Crippen molar-refractivity contribution in [1.29, 1.82) is 5.26 Å². The zero-order valence-electron chi connectivity index (χ0n) is 14.9. The van der Waals surface area contributed by atoms with E-state index in [-0.39, 0.29) is 0 Å². The largest absolute Gasteiger partial charge is 0.489 e. The normalized spacial score (nSPS) is 13.8. The molecule has 0 amide bonds. The maximum absolute atomic E-state index is 8.99. The minimum atomic E-state index is 0.458. The summed E-state index contributed by atoms with van der Waals surface area (Å²) in [7, 11) is 0. The summed E-state index contributed by atoms with van der Waals surface area (Å²) in [5.41, 5.74) is 5.02. The monoisotopic (exact) mass is 343 g/mol. The Morgan fingerprint density at radius 2 is 1.96 bits per heavy atom. The quantitative estimate of drug-likeness (QED) is 0.695. The fourth-order valence-corrected chi connectivity index (χ4v) is 3.52. The molecule has 3 aromatic rings. The molecule has 1 fully saturated rings. The Kier molecular flexibility index (Phi) is 4.45. The molecule has 0 spiro atoms. The van der Waals surface area contributed by atoms with Gasteiger partial charge < -0.3 is 9.64 Å². The van der Waals surface area contributed by atoms with Crippen molar-refractivity contribution in [3.05, 3.63) is 65.4 Å². The lowest BCUT2D eigenvalue weighted by Crippen LogP contribution is -2.18. The Balaban J connectivity index is 1.60. The zero-order valence-corrected chi connectivity index (χ0v) is 14.9. The molecule has 26 heavy (non-hydrogen) atoms. The van der Waals surface area contributed by atoms with Crippen LogP contribution >= 0.6 is 0 Å². The molecular formula is C22H21N3O. The van der Waals surface area contributed by atoms with Gasteiger partial charge in [0.15, 0.2) is 0 Å². The van der Waals surface area contributed by atoms with Crippen molar-refractivity contribution in [2.45, 2.75) is 26.4 Å². The molecule has 0 bridgehead atoms. The summed E-state index contributed by atoms with van der Waals surface area (Å²) < 4.78 is 5.85. The molecule has 0 unspecified atom stereocenters. The smallest absolute Gasteiger partial charge is 0.121 e. The van der Waals surface area contributed by atoms with E-state index < -0.39 is 0 Å². The van der Waals surface area contributed by atoms with Gasteiger partial charge in [-0.3, -0.25) is 4.98 Å². The van der Waals surface area contributed by atoms with Gasteiger partial charge in [-0.25, -0.2) is 0 Å². The van der Waals surface area contributed by atoms with Gasteiger partial charge in [0.1, 0.15) is 12.4 Å². The Bertz CT molecular complexity index is 984. The van der Waals surface area contributed by atoms with E-state index in [0.29, 0.717) is 17.9 Å². The van der Waals surface area contributed by atoms with E-state index in [1.54, 1.807) is 12.1 Å². The number of pyridine rings is 1. The molecule has 1 saturated heterocycles. The Morgan fingerprint density at radius 1 is 1.12 bits per heavy atom. The third-order valence-electron chi connectivity index (χ3n) is 4.80. The zero-order chi connectivity index (χ0) is 17.9. The maximum atomic E-state index is 8.99. The Labute approximate surface area is 153 Å². The highest BCUT2D eigenvalue weighted by atomic mass is 16.5. The highest BCUT2D eigenvalue weighted by molar-refractivity contribution is 5.92. The fraction of sp³-hybridized carbons (Fsp3) is 0.273. The van der Waals surface area contributed by atoms with E-state index in [0.717, 1.165) is 29.9 Å². The predicted octanol–water partition coefficient (Wildman–Crippen LogP) is 4.59. The molecule has 4 heteroatoms. The van der Waals surface area contributed by atoms with Crippen molar-refractivity contribution in [2.24, 2.45) is 0 Å². The van der Waals surface area contributed by atoms with Crippen LogP contribution in [0.4, 0.5) is 5.69 Å². The minimum absolute atomic E-state index is 0.458. The van der Waals surface area contributed by atoms with E-state index >= 15 is 0 Å². The number of benzene rings is 2. The Morgan fingerprint density at radius 3 is 2.77 bits per heavy atom. The minimum Gasteiger partial charge on any atom is -0.489 e. The molecule has 0 radical (unpaired) electrons. The van der Waals surface area contributed by atoms with E-state index in [4.69, 9.17) is 15.0 Å². The Hall–Kier alpha value is -3.06. The molecule has 0 atom stereocenters. The van der Waals surface area contributed by atoms with Crippen molar-refractivity contribution in [3.63, 3.8) is 0 Å². The van der Waals surface area contributed by atoms with E-state index in [1.807, 2.05) is 12.1 Å². The standard InChI is InChI=1S/C22H21N3O/c1-16-11-22(25-9-2-3-10-25)20-8-7-18(13-21(20)24-16)15-26-19-6-4-5-17(12-19)14-23/h4-8,11-13H,2-3,9-10,15H2,1H3. The van der Waals surface area contributed by atoms with Crippen molar-refractivity contribution in [3.8, 4) is 11.8 Å². The summed E-state index contributed by atoms with van der Waals surface area (Å²) in [5, 5.41) is 10.2. The summed E-state index contributed by atoms with van der Waals surface area (Å²) in [4.78, 5) is 7.18. The van der Waals surface area contributed by atoms with Gasteiger partial charge in [0.05, 0.1) is 17.1 Å². The highest BCUT2D eigenvalue weighted by Crippen LogP contribution is 2.30. The SMILES string of the molecule is Cc1cc(N2CCCC2)c2ccc(COc3cccc(C#N)c3)cc2n1. The lowest BCUT2D eigenvalue weighted by molar-refractivity contribution is 0.306. The molecule has 1 aromatic heterocycles. The number of hydrogen-bond donors (Lipinski definition) is 0. The van der Waals surface area contributed by atoms with Crippen LogP contribution in [0.5, 0.6) is 5.75 Å². The number of hydrogen-bond acceptors (Lipinski definition) is 4. The van der Waals surface area contributed by atoms with Gasteiger partial charge in [-0.15, -0.1) is 0 Å². The van der Waals surface area contributed by atoms with Crippen molar-refractivity contribution in [2.75, 3.05) is 18.0 Å². The fourth-order valence-electron chi connectivity index (χ4n) is 3.52. The number of rotatable bonds is 4. The number of nitrogens with zero attached hydrogens (tertiary/aromatic N) is 3. The van der Waals surface area contributed by atoms with Crippen LogP contribution in [-0.2, 0) is 6.61 Å². The average Bonchev–Trinajstić information content (AvgIpc) is 3.20. The molecular weight excluding hydrogens is 322 g/mol.